The zero-order valence-electron chi connectivity index (χ0n) is 12.6. The normalized spacial score (nSPS) is 17.9. The third-order valence-electron chi connectivity index (χ3n) is 3.82. The third-order valence-corrected chi connectivity index (χ3v) is 4.85. The van der Waals surface area contributed by atoms with E-state index in [0.29, 0.717) is 6.61 Å². The molecule has 0 spiro atoms. The molecule has 0 unspecified atom stereocenters. The van der Waals surface area contributed by atoms with Crippen molar-refractivity contribution in [3.63, 3.8) is 0 Å². The molecule has 6 heteroatoms. The smallest absolute Gasteiger partial charge is 0.308 e. The highest BCUT2D eigenvalue weighted by Gasteiger charge is 2.36. The number of aromatic nitrogens is 1. The lowest BCUT2D eigenvalue weighted by molar-refractivity contribution is -0.143. The second-order valence-corrected chi connectivity index (χ2v) is 6.27. The van der Waals surface area contributed by atoms with Crippen LogP contribution in [0.5, 0.6) is 0 Å². The molecule has 0 saturated heterocycles. The zero-order chi connectivity index (χ0) is 15.8. The van der Waals surface area contributed by atoms with Gasteiger partial charge in [0.1, 0.15) is 5.82 Å². The molecule has 1 atom stereocenters. The third kappa shape index (κ3) is 2.39. The molecule has 2 aliphatic heterocycles. The minimum atomic E-state index is -0.245. The van der Waals surface area contributed by atoms with Crippen LogP contribution in [-0.2, 0) is 9.53 Å². The van der Waals surface area contributed by atoms with E-state index in [9.17, 15) is 4.79 Å². The monoisotopic (exact) mass is 325 g/mol. The van der Waals surface area contributed by atoms with E-state index in [1.54, 1.807) is 18.0 Å². The lowest BCUT2D eigenvalue weighted by atomic mass is 10.0. The van der Waals surface area contributed by atoms with Crippen molar-refractivity contribution >= 4 is 34.4 Å². The van der Waals surface area contributed by atoms with Gasteiger partial charge < -0.3 is 4.74 Å². The summed E-state index contributed by atoms with van der Waals surface area (Å²) in [6, 6.07) is 11.8. The van der Waals surface area contributed by atoms with E-state index in [-0.39, 0.29) is 18.4 Å². The predicted molar refractivity (Wildman–Crippen MR) is 90.1 cm³/mol. The average molecular weight is 325 g/mol. The molecule has 0 aliphatic carbocycles. The summed E-state index contributed by atoms with van der Waals surface area (Å²) >= 11 is 1.61. The summed E-state index contributed by atoms with van der Waals surface area (Å²) in [5.41, 5.74) is 2.05. The van der Waals surface area contributed by atoms with Gasteiger partial charge in [0.25, 0.3) is 0 Å². The second kappa shape index (κ2) is 5.70. The Balaban J connectivity index is 1.77. The molecule has 0 radical (unpaired) electrons. The number of anilines is 2. The van der Waals surface area contributed by atoms with Crippen molar-refractivity contribution in [2.24, 2.45) is 4.99 Å². The van der Waals surface area contributed by atoms with Crippen LogP contribution in [0.1, 0.15) is 24.9 Å². The van der Waals surface area contributed by atoms with Gasteiger partial charge in [-0.05, 0) is 36.9 Å². The molecule has 2 aromatic rings. The van der Waals surface area contributed by atoms with Crippen molar-refractivity contribution in [2.75, 3.05) is 11.5 Å². The molecule has 5 nitrogen and oxygen atoms in total. The Morgan fingerprint density at radius 3 is 3.04 bits per heavy atom. The SMILES string of the molecule is CCOC(=O)C[C@H]1N=C2Sc3ccccc3N2c2ncccc21. The summed E-state index contributed by atoms with van der Waals surface area (Å²) in [7, 11) is 0. The number of aliphatic imine (C=N–C) groups is 1. The quantitative estimate of drug-likeness (QED) is 0.806. The summed E-state index contributed by atoms with van der Waals surface area (Å²) < 4.78 is 5.08. The van der Waals surface area contributed by atoms with Crippen molar-refractivity contribution in [1.29, 1.82) is 0 Å². The van der Waals surface area contributed by atoms with Crippen LogP contribution in [0.3, 0.4) is 0 Å². The molecular formula is C17H15N3O2S. The maximum atomic E-state index is 11.9. The number of hydrogen-bond acceptors (Lipinski definition) is 6. The van der Waals surface area contributed by atoms with Crippen molar-refractivity contribution < 1.29 is 9.53 Å². The lowest BCUT2D eigenvalue weighted by Crippen LogP contribution is -2.27. The minimum Gasteiger partial charge on any atom is -0.466 e. The summed E-state index contributed by atoms with van der Waals surface area (Å²) in [5.74, 6) is 0.620. The van der Waals surface area contributed by atoms with Gasteiger partial charge in [-0.15, -0.1) is 0 Å². The highest BCUT2D eigenvalue weighted by atomic mass is 32.2. The Morgan fingerprint density at radius 2 is 2.17 bits per heavy atom. The van der Waals surface area contributed by atoms with Crippen molar-refractivity contribution in [2.45, 2.75) is 24.3 Å². The van der Waals surface area contributed by atoms with Crippen LogP contribution in [0.15, 0.2) is 52.5 Å². The molecule has 4 rings (SSSR count). The van der Waals surface area contributed by atoms with Gasteiger partial charge in [-0.1, -0.05) is 18.2 Å². The van der Waals surface area contributed by atoms with Crippen molar-refractivity contribution in [1.82, 2.24) is 4.98 Å². The van der Waals surface area contributed by atoms with Gasteiger partial charge in [0.15, 0.2) is 5.17 Å². The van der Waals surface area contributed by atoms with Gasteiger partial charge in [-0.25, -0.2) is 4.98 Å². The number of pyridine rings is 1. The zero-order valence-corrected chi connectivity index (χ0v) is 13.4. The molecule has 3 heterocycles. The van der Waals surface area contributed by atoms with Crippen LogP contribution in [0, 0.1) is 0 Å². The standard InChI is InChI=1S/C17H15N3O2S/c1-2-22-15(21)10-12-11-6-5-9-18-16(11)20-13-7-3-4-8-14(13)23-17(20)19-12/h3-9,12H,2,10H2,1H3/t12-/m1/s1. The van der Waals surface area contributed by atoms with Crippen LogP contribution < -0.4 is 4.90 Å². The molecule has 116 valence electrons. The molecule has 0 N–H and O–H groups in total. The van der Waals surface area contributed by atoms with Gasteiger partial charge in [0, 0.05) is 16.7 Å². The highest BCUT2D eigenvalue weighted by Crippen LogP contribution is 2.49. The maximum absolute atomic E-state index is 11.9. The Labute approximate surface area is 138 Å². The van der Waals surface area contributed by atoms with Crippen molar-refractivity contribution in [3.8, 4) is 0 Å². The lowest BCUT2D eigenvalue weighted by Gasteiger charge is -2.28. The Hall–Kier alpha value is -2.34. The molecule has 0 amide bonds. The summed E-state index contributed by atoms with van der Waals surface area (Å²) in [6.07, 6.45) is 2.01. The number of thioether (sulfide) groups is 1. The number of carbonyl (C=O) groups is 1. The van der Waals surface area contributed by atoms with Gasteiger partial charge in [-0.3, -0.25) is 14.7 Å². The van der Waals surface area contributed by atoms with Gasteiger partial charge in [-0.2, -0.15) is 0 Å². The predicted octanol–water partition coefficient (Wildman–Crippen LogP) is 3.69. The van der Waals surface area contributed by atoms with Crippen LogP contribution in [0.2, 0.25) is 0 Å². The van der Waals surface area contributed by atoms with E-state index in [1.165, 1.54) is 0 Å². The maximum Gasteiger partial charge on any atom is 0.308 e. The first kappa shape index (κ1) is 14.3. The molecule has 1 aromatic heterocycles. The van der Waals surface area contributed by atoms with E-state index in [0.717, 1.165) is 27.1 Å². The van der Waals surface area contributed by atoms with Crippen LogP contribution in [-0.4, -0.2) is 22.7 Å². The minimum absolute atomic E-state index is 0.231. The topological polar surface area (TPSA) is 54.8 Å². The fourth-order valence-corrected chi connectivity index (χ4v) is 3.92. The van der Waals surface area contributed by atoms with Crippen LogP contribution >= 0.6 is 11.8 Å². The van der Waals surface area contributed by atoms with E-state index >= 15 is 0 Å². The van der Waals surface area contributed by atoms with Gasteiger partial charge in [0.2, 0.25) is 0 Å². The number of ether oxygens (including phenoxy) is 1. The first-order valence-electron chi connectivity index (χ1n) is 7.53. The second-order valence-electron chi connectivity index (χ2n) is 5.26. The fraction of sp³-hybridized carbons (Fsp3) is 0.235. The number of hydrogen-bond donors (Lipinski definition) is 0. The molecule has 0 saturated carbocycles. The number of amidine groups is 1. The number of esters is 1. The Kier molecular flexibility index (Phi) is 3.53. The molecular weight excluding hydrogens is 310 g/mol. The first-order valence-corrected chi connectivity index (χ1v) is 8.35. The van der Waals surface area contributed by atoms with E-state index in [2.05, 4.69) is 22.0 Å². The molecule has 23 heavy (non-hydrogen) atoms. The highest BCUT2D eigenvalue weighted by molar-refractivity contribution is 8.14. The van der Waals surface area contributed by atoms with E-state index < -0.39 is 0 Å². The van der Waals surface area contributed by atoms with Gasteiger partial charge in [0.05, 0.1) is 24.8 Å². The Bertz CT molecular complexity index is 806. The molecule has 0 fully saturated rings. The van der Waals surface area contributed by atoms with Crippen LogP contribution in [0.4, 0.5) is 11.5 Å². The summed E-state index contributed by atoms with van der Waals surface area (Å²) in [5, 5.41) is 0.867. The number of carbonyl (C=O) groups excluding carboxylic acids is 1. The number of rotatable bonds is 3. The number of nitrogens with zero attached hydrogens (tertiary/aromatic N) is 3. The fourth-order valence-electron chi connectivity index (χ4n) is 2.86. The number of benzene rings is 1. The number of para-hydroxylation sites is 1. The molecule has 1 aromatic carbocycles. The molecule has 0 bridgehead atoms. The van der Waals surface area contributed by atoms with E-state index in [4.69, 9.17) is 9.73 Å². The number of fused-ring (bicyclic) bond motifs is 5. The first-order chi connectivity index (χ1) is 11.3. The van der Waals surface area contributed by atoms with Crippen molar-refractivity contribution in [3.05, 3.63) is 48.2 Å². The largest absolute Gasteiger partial charge is 0.466 e. The Morgan fingerprint density at radius 1 is 1.30 bits per heavy atom. The van der Waals surface area contributed by atoms with E-state index in [1.807, 2.05) is 31.2 Å². The average Bonchev–Trinajstić information content (AvgIpc) is 2.93. The summed E-state index contributed by atoms with van der Waals surface area (Å²) in [6.45, 7) is 2.19. The molecule has 2 aliphatic rings. The van der Waals surface area contributed by atoms with Crippen LogP contribution in [0.25, 0.3) is 0 Å². The van der Waals surface area contributed by atoms with Gasteiger partial charge >= 0.3 is 5.97 Å². The summed E-state index contributed by atoms with van der Waals surface area (Å²) in [4.78, 5) is 24.4.